The Kier molecular flexibility index (Phi) is 3.77. The van der Waals surface area contributed by atoms with Gasteiger partial charge in [0.25, 0.3) is 0 Å². The molecule has 0 saturated heterocycles. The van der Waals surface area contributed by atoms with Crippen LogP contribution in [0.1, 0.15) is 18.6 Å². The van der Waals surface area contributed by atoms with Crippen LogP contribution in [0.2, 0.25) is 5.02 Å². The molecule has 0 bridgehead atoms. The molecule has 0 heterocycles. The van der Waals surface area contributed by atoms with Crippen LogP contribution in [0, 0.1) is 0 Å². The number of halogens is 1. The van der Waals surface area contributed by atoms with Gasteiger partial charge in [-0.2, -0.15) is 0 Å². The van der Waals surface area contributed by atoms with E-state index in [2.05, 4.69) is 5.32 Å². The average Bonchev–Trinajstić information content (AvgIpc) is 2.18. The summed E-state index contributed by atoms with van der Waals surface area (Å²) in [5, 5.41) is 3.06. The zero-order chi connectivity index (χ0) is 10.6. The normalized spacial score (nSPS) is 11.9. The molecule has 0 radical (unpaired) electrons. The van der Waals surface area contributed by atoms with E-state index in [1.165, 1.54) is 7.05 Å². The standard InChI is InChI=1S/C10H12ClNO2/c1-7(14-10(13)12-2)8-3-5-9(11)6-4-8/h3-7H,1-2H3,(H,12,13). The van der Waals surface area contributed by atoms with E-state index in [1.54, 1.807) is 19.1 Å². The molecule has 0 aliphatic heterocycles. The lowest BCUT2D eigenvalue weighted by Crippen LogP contribution is -2.20. The Balaban J connectivity index is 2.65. The van der Waals surface area contributed by atoms with Crippen molar-refractivity contribution in [1.29, 1.82) is 0 Å². The Morgan fingerprint density at radius 1 is 1.43 bits per heavy atom. The number of rotatable bonds is 2. The monoisotopic (exact) mass is 213 g/mol. The van der Waals surface area contributed by atoms with Crippen molar-refractivity contribution in [2.75, 3.05) is 7.05 Å². The highest BCUT2D eigenvalue weighted by atomic mass is 35.5. The van der Waals surface area contributed by atoms with Gasteiger partial charge in [0.05, 0.1) is 0 Å². The number of alkyl carbamates (subject to hydrolysis) is 1. The van der Waals surface area contributed by atoms with Crippen molar-refractivity contribution in [2.45, 2.75) is 13.0 Å². The van der Waals surface area contributed by atoms with E-state index in [1.807, 2.05) is 12.1 Å². The molecule has 4 heteroatoms. The molecule has 0 saturated carbocycles. The van der Waals surface area contributed by atoms with Crippen LogP contribution in [0.25, 0.3) is 0 Å². The van der Waals surface area contributed by atoms with Crippen molar-refractivity contribution in [3.63, 3.8) is 0 Å². The molecule has 1 amide bonds. The summed E-state index contributed by atoms with van der Waals surface area (Å²) in [5.74, 6) is 0. The second-order valence-electron chi connectivity index (χ2n) is 2.85. The van der Waals surface area contributed by atoms with E-state index in [4.69, 9.17) is 16.3 Å². The fourth-order valence-corrected chi connectivity index (χ4v) is 1.15. The highest BCUT2D eigenvalue weighted by Gasteiger charge is 2.09. The molecule has 3 nitrogen and oxygen atoms in total. The van der Waals surface area contributed by atoms with Gasteiger partial charge in [-0.25, -0.2) is 4.79 Å². The molecule has 0 aliphatic carbocycles. The number of nitrogens with one attached hydrogen (secondary N) is 1. The molecule has 1 rings (SSSR count). The highest BCUT2D eigenvalue weighted by Crippen LogP contribution is 2.18. The Hall–Kier alpha value is -1.22. The van der Waals surface area contributed by atoms with Crippen LogP contribution in [0.5, 0.6) is 0 Å². The maximum Gasteiger partial charge on any atom is 0.407 e. The summed E-state index contributed by atoms with van der Waals surface area (Å²) in [5.41, 5.74) is 0.915. The molecule has 0 aliphatic rings. The van der Waals surface area contributed by atoms with Gasteiger partial charge in [0.15, 0.2) is 0 Å². The highest BCUT2D eigenvalue weighted by molar-refractivity contribution is 6.30. The lowest BCUT2D eigenvalue weighted by molar-refractivity contribution is 0.109. The topological polar surface area (TPSA) is 38.3 Å². The SMILES string of the molecule is CNC(=O)OC(C)c1ccc(Cl)cc1. The Morgan fingerprint density at radius 3 is 2.50 bits per heavy atom. The maximum atomic E-state index is 10.9. The van der Waals surface area contributed by atoms with Crippen LogP contribution in [-0.4, -0.2) is 13.1 Å². The first-order valence-electron chi connectivity index (χ1n) is 4.27. The van der Waals surface area contributed by atoms with E-state index in [0.29, 0.717) is 5.02 Å². The Bertz CT molecular complexity index is 310. The predicted octanol–water partition coefficient (Wildman–Crippen LogP) is 2.76. The lowest BCUT2D eigenvalue weighted by atomic mass is 10.1. The van der Waals surface area contributed by atoms with Crippen molar-refractivity contribution >= 4 is 17.7 Å². The summed E-state index contributed by atoms with van der Waals surface area (Å²) in [4.78, 5) is 10.9. The van der Waals surface area contributed by atoms with Gasteiger partial charge >= 0.3 is 6.09 Å². The summed E-state index contributed by atoms with van der Waals surface area (Å²) in [7, 11) is 1.52. The summed E-state index contributed by atoms with van der Waals surface area (Å²) in [6, 6.07) is 7.19. The first-order valence-corrected chi connectivity index (χ1v) is 4.65. The summed E-state index contributed by atoms with van der Waals surface area (Å²) >= 11 is 5.73. The molecule has 1 atom stereocenters. The van der Waals surface area contributed by atoms with Gasteiger partial charge in [0, 0.05) is 12.1 Å². The number of amides is 1. The van der Waals surface area contributed by atoms with Crippen LogP contribution >= 0.6 is 11.6 Å². The van der Waals surface area contributed by atoms with Gasteiger partial charge in [0.1, 0.15) is 6.10 Å². The predicted molar refractivity (Wildman–Crippen MR) is 55.4 cm³/mol. The van der Waals surface area contributed by atoms with Gasteiger partial charge in [-0.1, -0.05) is 23.7 Å². The number of benzene rings is 1. The molecule has 0 aromatic heterocycles. The van der Waals surface area contributed by atoms with Crippen LogP contribution < -0.4 is 5.32 Å². The van der Waals surface area contributed by atoms with Gasteiger partial charge in [0.2, 0.25) is 0 Å². The van der Waals surface area contributed by atoms with Crippen molar-refractivity contribution in [3.05, 3.63) is 34.9 Å². The van der Waals surface area contributed by atoms with Crippen LogP contribution in [0.4, 0.5) is 4.79 Å². The molecule has 0 fully saturated rings. The van der Waals surface area contributed by atoms with E-state index in [-0.39, 0.29) is 6.10 Å². The number of hydrogen-bond donors (Lipinski definition) is 1. The fourth-order valence-electron chi connectivity index (χ4n) is 1.02. The first kappa shape index (κ1) is 10.9. The molecule has 1 aromatic rings. The average molecular weight is 214 g/mol. The van der Waals surface area contributed by atoms with Gasteiger partial charge in [-0.3, -0.25) is 0 Å². The van der Waals surface area contributed by atoms with Crippen molar-refractivity contribution in [3.8, 4) is 0 Å². The Morgan fingerprint density at radius 2 is 2.00 bits per heavy atom. The zero-order valence-electron chi connectivity index (χ0n) is 8.08. The van der Waals surface area contributed by atoms with Crippen molar-refractivity contribution in [1.82, 2.24) is 5.32 Å². The fraction of sp³-hybridized carbons (Fsp3) is 0.300. The third-order valence-electron chi connectivity index (χ3n) is 1.83. The van der Waals surface area contributed by atoms with Gasteiger partial charge in [-0.15, -0.1) is 0 Å². The largest absolute Gasteiger partial charge is 0.442 e. The summed E-state index contributed by atoms with van der Waals surface area (Å²) < 4.78 is 5.03. The van der Waals surface area contributed by atoms with Crippen LogP contribution in [0.15, 0.2) is 24.3 Å². The smallest absolute Gasteiger partial charge is 0.407 e. The second-order valence-corrected chi connectivity index (χ2v) is 3.29. The minimum absolute atomic E-state index is 0.271. The third kappa shape index (κ3) is 2.92. The van der Waals surface area contributed by atoms with E-state index in [9.17, 15) is 4.79 Å². The number of carbonyl (C=O) groups excluding carboxylic acids is 1. The molecule has 1 N–H and O–H groups in total. The first-order chi connectivity index (χ1) is 6.63. The molecule has 0 spiro atoms. The van der Waals surface area contributed by atoms with Crippen LogP contribution in [-0.2, 0) is 4.74 Å². The van der Waals surface area contributed by atoms with Gasteiger partial charge < -0.3 is 10.1 Å². The summed E-state index contributed by atoms with van der Waals surface area (Å²) in [6.07, 6.45) is -0.709. The minimum Gasteiger partial charge on any atom is -0.442 e. The molecular weight excluding hydrogens is 202 g/mol. The van der Waals surface area contributed by atoms with Gasteiger partial charge in [-0.05, 0) is 24.6 Å². The minimum atomic E-state index is -0.438. The molecule has 1 aromatic carbocycles. The molecular formula is C10H12ClNO2. The second kappa shape index (κ2) is 4.86. The number of hydrogen-bond acceptors (Lipinski definition) is 2. The lowest BCUT2D eigenvalue weighted by Gasteiger charge is -2.12. The molecule has 1 unspecified atom stereocenters. The molecule has 14 heavy (non-hydrogen) atoms. The van der Waals surface area contributed by atoms with Crippen LogP contribution in [0.3, 0.4) is 0 Å². The number of ether oxygens (including phenoxy) is 1. The van der Waals surface area contributed by atoms with E-state index in [0.717, 1.165) is 5.56 Å². The third-order valence-corrected chi connectivity index (χ3v) is 2.08. The van der Waals surface area contributed by atoms with Crippen molar-refractivity contribution < 1.29 is 9.53 Å². The quantitative estimate of drug-likeness (QED) is 0.821. The maximum absolute atomic E-state index is 10.9. The summed E-state index contributed by atoms with van der Waals surface area (Å²) in [6.45, 7) is 1.80. The number of carbonyl (C=O) groups is 1. The van der Waals surface area contributed by atoms with Crippen molar-refractivity contribution in [2.24, 2.45) is 0 Å². The zero-order valence-corrected chi connectivity index (χ0v) is 8.84. The van der Waals surface area contributed by atoms with E-state index < -0.39 is 6.09 Å². The van der Waals surface area contributed by atoms with E-state index >= 15 is 0 Å². The molecule has 76 valence electrons. The Labute approximate surface area is 88.0 Å².